The van der Waals surface area contributed by atoms with E-state index in [-0.39, 0.29) is 34.9 Å². The third-order valence-electron chi connectivity index (χ3n) is 8.03. The summed E-state index contributed by atoms with van der Waals surface area (Å²) in [4.78, 5) is 9.10. The predicted molar refractivity (Wildman–Crippen MR) is 150 cm³/mol. The zero-order valence-electron chi connectivity index (χ0n) is 24.2. The molecule has 3 aromatic carbocycles. The fraction of sp³-hybridized carbons (Fsp3) is 0.258. The minimum Gasteiger partial charge on any atom is -0.349 e. The van der Waals surface area contributed by atoms with E-state index in [4.69, 9.17) is 5.26 Å². The van der Waals surface area contributed by atoms with E-state index in [0.29, 0.717) is 24.3 Å². The molecule has 0 aliphatic carbocycles. The molecule has 1 atom stereocenters. The zero-order chi connectivity index (χ0) is 35.1. The summed E-state index contributed by atoms with van der Waals surface area (Å²) >= 11 is 0. The van der Waals surface area contributed by atoms with Crippen molar-refractivity contribution in [2.75, 3.05) is 18.0 Å². The summed E-state index contributed by atoms with van der Waals surface area (Å²) in [5, 5.41) is 9.04. The van der Waals surface area contributed by atoms with E-state index < -0.39 is 74.3 Å². The first-order valence-corrected chi connectivity index (χ1v) is 15.2. The van der Waals surface area contributed by atoms with Crippen molar-refractivity contribution in [2.24, 2.45) is 0 Å². The van der Waals surface area contributed by atoms with Gasteiger partial charge in [0, 0.05) is 24.2 Å². The van der Waals surface area contributed by atoms with Gasteiger partial charge in [-0.05, 0) is 48.4 Å². The molecule has 1 aromatic heterocycles. The van der Waals surface area contributed by atoms with Crippen LogP contribution in [0.5, 0.6) is 0 Å². The Kier molecular flexibility index (Phi) is 8.95. The predicted octanol–water partition coefficient (Wildman–Crippen LogP) is 6.88. The monoisotopic (exact) mass is 700 g/mol. The van der Waals surface area contributed by atoms with Crippen LogP contribution in [0.4, 0.5) is 45.5 Å². The van der Waals surface area contributed by atoms with E-state index in [1.54, 1.807) is 0 Å². The number of anilines is 1. The molecule has 0 amide bonds. The molecule has 0 radical (unpaired) electrons. The maximum absolute atomic E-state index is 14.5. The first-order chi connectivity index (χ1) is 22.5. The molecule has 5 rings (SSSR count). The lowest BCUT2D eigenvalue weighted by atomic mass is 9.88. The molecular weight excluding hydrogens is 679 g/mol. The highest BCUT2D eigenvalue weighted by atomic mass is 32.2. The Morgan fingerprint density at radius 1 is 0.854 bits per heavy atom. The Bertz CT molecular complexity index is 1910. The van der Waals surface area contributed by atoms with Gasteiger partial charge in [-0.3, -0.25) is 0 Å². The summed E-state index contributed by atoms with van der Waals surface area (Å²) in [5.74, 6) is -3.65. The van der Waals surface area contributed by atoms with Crippen LogP contribution in [0.25, 0.3) is 0 Å². The normalized spacial score (nSPS) is 17.4. The molecule has 0 saturated carbocycles. The minimum absolute atomic E-state index is 0.0104. The highest BCUT2D eigenvalue weighted by Crippen LogP contribution is 2.54. The van der Waals surface area contributed by atoms with Gasteiger partial charge in [0.15, 0.2) is 9.84 Å². The molecule has 1 saturated heterocycles. The third-order valence-corrected chi connectivity index (χ3v) is 10.5. The Labute approximate surface area is 267 Å². The maximum Gasteiger partial charge on any atom is 0.430 e. The summed E-state index contributed by atoms with van der Waals surface area (Å²) in [5.41, 5.74) is -7.94. The number of nitrogens with zero attached hydrogens (tertiary/aromatic N) is 4. The lowest BCUT2D eigenvalue weighted by molar-refractivity contribution is -0.392. The van der Waals surface area contributed by atoms with Gasteiger partial charge in [-0.1, -0.05) is 30.3 Å². The smallest absolute Gasteiger partial charge is 0.349 e. The summed E-state index contributed by atoms with van der Waals surface area (Å²) in [6.07, 6.45) is -10.4. The largest absolute Gasteiger partial charge is 0.430 e. The van der Waals surface area contributed by atoms with E-state index in [9.17, 15) is 47.9 Å². The molecule has 0 N–H and O–H groups in total. The number of rotatable bonds is 8. The van der Waals surface area contributed by atoms with Crippen LogP contribution in [-0.2, 0) is 31.5 Å². The first kappa shape index (κ1) is 34.6. The molecule has 17 heteroatoms. The second-order valence-corrected chi connectivity index (χ2v) is 13.0. The summed E-state index contributed by atoms with van der Waals surface area (Å²) in [7, 11) is -4.56. The average Bonchev–Trinajstić information content (AvgIpc) is 3.49. The second kappa shape index (κ2) is 12.4. The van der Waals surface area contributed by atoms with Crippen LogP contribution in [-0.4, -0.2) is 43.8 Å². The Morgan fingerprint density at radius 3 is 1.94 bits per heavy atom. The van der Waals surface area contributed by atoms with Crippen LogP contribution in [0, 0.1) is 28.8 Å². The van der Waals surface area contributed by atoms with Gasteiger partial charge < -0.3 is 9.64 Å². The van der Waals surface area contributed by atoms with Gasteiger partial charge in [-0.2, -0.15) is 31.6 Å². The number of hydrogen-bond acceptors (Lipinski definition) is 7. The molecule has 1 aliphatic heterocycles. The third kappa shape index (κ3) is 5.83. The van der Waals surface area contributed by atoms with Crippen molar-refractivity contribution in [1.29, 1.82) is 5.26 Å². The molecule has 1 aliphatic rings. The van der Waals surface area contributed by atoms with Gasteiger partial charge in [0.25, 0.3) is 5.60 Å². The van der Waals surface area contributed by atoms with E-state index in [1.807, 2.05) is 6.07 Å². The Hall–Kier alpha value is -4.69. The van der Waals surface area contributed by atoms with Gasteiger partial charge in [-0.25, -0.2) is 31.6 Å². The number of ether oxygens (including phenoxy) is 1. The van der Waals surface area contributed by atoms with Crippen molar-refractivity contribution in [3.05, 3.63) is 119 Å². The highest BCUT2D eigenvalue weighted by molar-refractivity contribution is 7.92. The fourth-order valence-electron chi connectivity index (χ4n) is 5.54. The van der Waals surface area contributed by atoms with Gasteiger partial charge in [-0.15, -0.1) is 0 Å². The van der Waals surface area contributed by atoms with Crippen molar-refractivity contribution < 1.29 is 52.7 Å². The number of aromatic nitrogens is 2. The molecule has 0 unspecified atom stereocenters. The fourth-order valence-corrected chi connectivity index (χ4v) is 7.62. The lowest BCUT2D eigenvalue weighted by Crippen LogP contribution is -2.56. The van der Waals surface area contributed by atoms with E-state index in [0.717, 1.165) is 42.5 Å². The minimum atomic E-state index is -6.22. The lowest BCUT2D eigenvalue weighted by Gasteiger charge is -2.38. The molecule has 252 valence electrons. The number of benzene rings is 3. The van der Waals surface area contributed by atoms with Crippen LogP contribution < -0.4 is 4.90 Å². The van der Waals surface area contributed by atoms with E-state index in [2.05, 4.69) is 14.7 Å². The maximum atomic E-state index is 14.5. The summed E-state index contributed by atoms with van der Waals surface area (Å²) in [6.45, 7) is -2.26. The molecule has 7 nitrogen and oxygen atoms in total. The van der Waals surface area contributed by atoms with Gasteiger partial charge in [0.2, 0.25) is 5.95 Å². The van der Waals surface area contributed by atoms with E-state index in [1.165, 1.54) is 17.3 Å². The van der Waals surface area contributed by atoms with Crippen molar-refractivity contribution >= 4 is 15.8 Å². The van der Waals surface area contributed by atoms with Gasteiger partial charge >= 0.3 is 12.4 Å². The average molecular weight is 701 g/mol. The van der Waals surface area contributed by atoms with Crippen molar-refractivity contribution in [3.63, 3.8) is 0 Å². The zero-order valence-corrected chi connectivity index (χ0v) is 25.0. The quantitative estimate of drug-likeness (QED) is 0.146. The van der Waals surface area contributed by atoms with E-state index >= 15 is 0 Å². The number of alkyl halides is 6. The molecule has 48 heavy (non-hydrogen) atoms. The van der Waals surface area contributed by atoms with Crippen LogP contribution in [0.1, 0.15) is 28.7 Å². The van der Waals surface area contributed by atoms with Crippen LogP contribution >= 0.6 is 0 Å². The molecule has 4 aromatic rings. The standard InChI is InChI=1S/C31H21F9N4O3S/c32-22-8-10-23(11-9-22)48(45,46)28(12-13-44(18-28)27-42-15-19(14-41)16-43-27)20-4-6-21(7-5-20)29(30(35,36)37,31(38,39)40)47-17-24-25(33)2-1-3-26(24)34/h1-11,15-16H,12-13,17-18H2/t28-/m0/s1. The number of hydrogen-bond donors (Lipinski definition) is 0. The van der Waals surface area contributed by atoms with Crippen LogP contribution in [0.3, 0.4) is 0 Å². The first-order valence-electron chi connectivity index (χ1n) is 13.8. The molecule has 1 fully saturated rings. The van der Waals surface area contributed by atoms with Crippen LogP contribution in [0.15, 0.2) is 84.0 Å². The van der Waals surface area contributed by atoms with Gasteiger partial charge in [0.05, 0.1) is 29.5 Å². The van der Waals surface area contributed by atoms with Gasteiger partial charge in [0.1, 0.15) is 28.3 Å². The number of halogens is 9. The van der Waals surface area contributed by atoms with Crippen molar-refractivity contribution in [3.8, 4) is 6.07 Å². The number of sulfone groups is 1. The summed E-state index contributed by atoms with van der Waals surface area (Å²) < 4.78 is 160. The number of nitriles is 1. The highest BCUT2D eigenvalue weighted by Gasteiger charge is 2.73. The SMILES string of the molecule is N#Cc1cnc(N2CC[C@](c3ccc(C(OCc4c(F)cccc4F)(C(F)(F)F)C(F)(F)F)cc3)(S(=O)(=O)c3ccc(F)cc3)C2)nc1. The molecule has 0 bridgehead atoms. The van der Waals surface area contributed by atoms with Crippen molar-refractivity contribution in [1.82, 2.24) is 9.97 Å². The molecular formula is C31H21F9N4O3S. The van der Waals surface area contributed by atoms with Crippen LogP contribution in [0.2, 0.25) is 0 Å². The molecule has 0 spiro atoms. The summed E-state index contributed by atoms with van der Waals surface area (Å²) in [6, 6.07) is 9.93. The topological polar surface area (TPSA) is 96.2 Å². The van der Waals surface area contributed by atoms with Crippen molar-refractivity contribution in [2.45, 2.75) is 40.6 Å². The second-order valence-electron chi connectivity index (χ2n) is 10.7. The molecule has 2 heterocycles. The Morgan fingerprint density at radius 2 is 1.42 bits per heavy atom. The Balaban J connectivity index is 1.62.